The van der Waals surface area contributed by atoms with Crippen LogP contribution in [0.3, 0.4) is 0 Å². The van der Waals surface area contributed by atoms with Crippen molar-refractivity contribution in [2.45, 2.75) is 18.6 Å². The van der Waals surface area contributed by atoms with E-state index in [1.165, 1.54) is 0 Å². The molecule has 1 unspecified atom stereocenters. The molecule has 3 rings (SSSR count). The first-order valence-electron chi connectivity index (χ1n) is 9.00. The number of hydrogen-bond donors (Lipinski definition) is 3. The zero-order valence-corrected chi connectivity index (χ0v) is 16.2. The number of benzene rings is 2. The van der Waals surface area contributed by atoms with E-state index >= 15 is 0 Å². The molecule has 0 fully saturated rings. The minimum atomic E-state index is -4.98. The molecule has 7 nitrogen and oxygen atoms in total. The Hall–Kier alpha value is -4.03. The van der Waals surface area contributed by atoms with Gasteiger partial charge >= 0.3 is 12.1 Å². The van der Waals surface area contributed by atoms with Crippen LogP contribution in [0.1, 0.15) is 34.1 Å². The van der Waals surface area contributed by atoms with E-state index in [0.717, 1.165) is 18.2 Å². The van der Waals surface area contributed by atoms with Crippen molar-refractivity contribution >= 4 is 11.9 Å². The average molecular weight is 473 g/mol. The summed E-state index contributed by atoms with van der Waals surface area (Å²) in [5.41, 5.74) is -3.28. The van der Waals surface area contributed by atoms with Gasteiger partial charge in [-0.3, -0.25) is 9.59 Å². The monoisotopic (exact) mass is 473 g/mol. The number of carboxylic acid groups (broad SMARTS) is 1. The van der Waals surface area contributed by atoms with E-state index in [4.69, 9.17) is 5.11 Å². The van der Waals surface area contributed by atoms with Crippen LogP contribution in [0.4, 0.5) is 26.3 Å². The fourth-order valence-electron chi connectivity index (χ4n) is 3.04. The first-order valence-corrected chi connectivity index (χ1v) is 9.00. The van der Waals surface area contributed by atoms with Crippen LogP contribution >= 0.6 is 0 Å². The van der Waals surface area contributed by atoms with Gasteiger partial charge in [-0.15, -0.1) is 0 Å². The molecule has 1 amide bonds. The highest BCUT2D eigenvalue weighted by Crippen LogP contribution is 2.36. The standard InChI is InChI=1S/C20H13F6N3O4/c21-9-1-3-12(20(24,25)26)11(5-9)14(8-18(31)32)27-19(33)15-7-17(30)29(28-15)16-4-2-10(22)6-13(16)23/h1-7,14,30H,8H2,(H,27,33)(H,31,32). The highest BCUT2D eigenvalue weighted by Gasteiger charge is 2.36. The molecule has 13 heteroatoms. The summed E-state index contributed by atoms with van der Waals surface area (Å²) >= 11 is 0. The summed E-state index contributed by atoms with van der Waals surface area (Å²) in [4.78, 5) is 23.8. The van der Waals surface area contributed by atoms with Crippen LogP contribution in [0.2, 0.25) is 0 Å². The summed E-state index contributed by atoms with van der Waals surface area (Å²) in [6.45, 7) is 0. The fourth-order valence-corrected chi connectivity index (χ4v) is 3.04. The third-order valence-electron chi connectivity index (χ3n) is 4.44. The van der Waals surface area contributed by atoms with Crippen molar-refractivity contribution in [1.29, 1.82) is 0 Å². The van der Waals surface area contributed by atoms with Gasteiger partial charge in [-0.2, -0.15) is 23.0 Å². The maximum absolute atomic E-state index is 14.0. The van der Waals surface area contributed by atoms with Crippen molar-refractivity contribution < 1.29 is 46.1 Å². The second-order valence-electron chi connectivity index (χ2n) is 6.75. The van der Waals surface area contributed by atoms with Crippen molar-refractivity contribution in [2.24, 2.45) is 0 Å². The van der Waals surface area contributed by atoms with Crippen molar-refractivity contribution in [3.8, 4) is 11.6 Å². The van der Waals surface area contributed by atoms with E-state index in [9.17, 15) is 41.0 Å². The Kier molecular flexibility index (Phi) is 6.33. The maximum Gasteiger partial charge on any atom is 0.416 e. The molecule has 0 aliphatic carbocycles. The molecular formula is C20H13F6N3O4. The lowest BCUT2D eigenvalue weighted by atomic mass is 9.97. The van der Waals surface area contributed by atoms with Gasteiger partial charge < -0.3 is 15.5 Å². The van der Waals surface area contributed by atoms with Gasteiger partial charge in [0.15, 0.2) is 11.5 Å². The number of rotatable bonds is 6. The van der Waals surface area contributed by atoms with Gasteiger partial charge in [0.2, 0.25) is 5.88 Å². The minimum Gasteiger partial charge on any atom is -0.493 e. The Morgan fingerprint density at radius 3 is 2.27 bits per heavy atom. The molecule has 174 valence electrons. The second-order valence-corrected chi connectivity index (χ2v) is 6.75. The number of carbonyl (C=O) groups is 2. The molecule has 0 aliphatic heterocycles. The highest BCUT2D eigenvalue weighted by atomic mass is 19.4. The molecule has 1 aromatic heterocycles. The first-order chi connectivity index (χ1) is 15.4. The summed E-state index contributed by atoms with van der Waals surface area (Å²) in [5.74, 6) is -6.78. The second kappa shape index (κ2) is 8.84. The Bertz CT molecular complexity index is 1220. The van der Waals surface area contributed by atoms with Gasteiger partial charge in [0, 0.05) is 12.1 Å². The third-order valence-corrected chi connectivity index (χ3v) is 4.44. The molecule has 0 bridgehead atoms. The summed E-state index contributed by atoms with van der Waals surface area (Å²) in [7, 11) is 0. The quantitative estimate of drug-likeness (QED) is 0.471. The van der Waals surface area contributed by atoms with E-state index in [0.29, 0.717) is 28.9 Å². The predicted octanol–water partition coefficient (Wildman–Crippen LogP) is 3.96. The number of carboxylic acids is 1. The first kappa shape index (κ1) is 23.6. The average Bonchev–Trinajstić information content (AvgIpc) is 3.07. The lowest BCUT2D eigenvalue weighted by Gasteiger charge is -2.21. The number of aliphatic carboxylic acids is 1. The molecule has 3 N–H and O–H groups in total. The van der Waals surface area contributed by atoms with Crippen LogP contribution in [0, 0.1) is 17.5 Å². The summed E-state index contributed by atoms with van der Waals surface area (Å²) in [6, 6.07) is 2.53. The van der Waals surface area contributed by atoms with Crippen LogP contribution in [-0.2, 0) is 11.0 Å². The molecule has 1 atom stereocenters. The van der Waals surface area contributed by atoms with Crippen LogP contribution in [0.15, 0.2) is 42.5 Å². The van der Waals surface area contributed by atoms with E-state index in [1.54, 1.807) is 0 Å². The maximum atomic E-state index is 14.0. The number of hydrogen-bond acceptors (Lipinski definition) is 4. The molecule has 3 aromatic rings. The third kappa shape index (κ3) is 5.25. The fraction of sp³-hybridized carbons (Fsp3) is 0.150. The van der Waals surface area contributed by atoms with Gasteiger partial charge in [-0.05, 0) is 35.9 Å². The number of nitrogens with one attached hydrogen (secondary N) is 1. The Balaban J connectivity index is 1.97. The molecular weight excluding hydrogens is 460 g/mol. The minimum absolute atomic E-state index is 0.406. The highest BCUT2D eigenvalue weighted by molar-refractivity contribution is 5.93. The molecule has 0 aliphatic rings. The van der Waals surface area contributed by atoms with E-state index in [-0.39, 0.29) is 0 Å². The van der Waals surface area contributed by atoms with Crippen molar-refractivity contribution in [3.05, 3.63) is 76.7 Å². The van der Waals surface area contributed by atoms with Gasteiger partial charge in [-0.25, -0.2) is 13.2 Å². The summed E-state index contributed by atoms with van der Waals surface area (Å²) in [6.07, 6.45) is -6.03. The van der Waals surface area contributed by atoms with Crippen molar-refractivity contribution in [2.75, 3.05) is 0 Å². The van der Waals surface area contributed by atoms with Gasteiger partial charge in [0.1, 0.15) is 17.3 Å². The van der Waals surface area contributed by atoms with E-state index < -0.39 is 76.4 Å². The van der Waals surface area contributed by atoms with Crippen molar-refractivity contribution in [1.82, 2.24) is 15.1 Å². The lowest BCUT2D eigenvalue weighted by Crippen LogP contribution is -2.32. The van der Waals surface area contributed by atoms with Crippen molar-refractivity contribution in [3.63, 3.8) is 0 Å². The molecule has 33 heavy (non-hydrogen) atoms. The summed E-state index contributed by atoms with van der Waals surface area (Å²) in [5, 5.41) is 24.7. The number of aromatic nitrogens is 2. The van der Waals surface area contributed by atoms with Gasteiger partial charge in [0.25, 0.3) is 5.91 Å². The van der Waals surface area contributed by atoms with Crippen LogP contribution in [0.25, 0.3) is 5.69 Å². The van der Waals surface area contributed by atoms with E-state index in [1.807, 2.05) is 5.32 Å². The SMILES string of the molecule is O=C(O)CC(NC(=O)c1cc(O)n(-c2ccc(F)cc2F)n1)c1cc(F)ccc1C(F)(F)F. The molecule has 1 heterocycles. The van der Waals surface area contributed by atoms with Crippen LogP contribution in [0.5, 0.6) is 5.88 Å². The molecule has 0 radical (unpaired) electrons. The van der Waals surface area contributed by atoms with Gasteiger partial charge in [0.05, 0.1) is 18.0 Å². The Morgan fingerprint density at radius 2 is 1.67 bits per heavy atom. The number of alkyl halides is 3. The Labute approximate surface area is 180 Å². The number of halogens is 6. The topological polar surface area (TPSA) is 104 Å². The van der Waals surface area contributed by atoms with Crippen LogP contribution < -0.4 is 5.32 Å². The smallest absolute Gasteiger partial charge is 0.416 e. The number of aromatic hydroxyl groups is 1. The zero-order valence-electron chi connectivity index (χ0n) is 16.2. The Morgan fingerprint density at radius 1 is 1.03 bits per heavy atom. The normalized spacial score (nSPS) is 12.4. The van der Waals surface area contributed by atoms with Gasteiger partial charge in [-0.1, -0.05) is 0 Å². The largest absolute Gasteiger partial charge is 0.493 e. The number of carbonyl (C=O) groups excluding carboxylic acids is 1. The van der Waals surface area contributed by atoms with E-state index in [2.05, 4.69) is 5.10 Å². The number of nitrogens with zero attached hydrogens (tertiary/aromatic N) is 2. The molecule has 0 saturated carbocycles. The lowest BCUT2D eigenvalue weighted by molar-refractivity contribution is -0.140. The zero-order chi connectivity index (χ0) is 24.5. The predicted molar refractivity (Wildman–Crippen MR) is 99.0 cm³/mol. The molecule has 2 aromatic carbocycles. The molecule has 0 spiro atoms. The molecule has 0 saturated heterocycles. The number of amides is 1. The summed E-state index contributed by atoms with van der Waals surface area (Å²) < 4.78 is 81.3. The van der Waals surface area contributed by atoms with Crippen LogP contribution in [-0.4, -0.2) is 31.9 Å².